The summed E-state index contributed by atoms with van der Waals surface area (Å²) < 4.78 is 5.18. The van der Waals surface area contributed by atoms with Crippen LogP contribution in [-0.4, -0.2) is 24.8 Å². The van der Waals surface area contributed by atoms with Crippen LogP contribution >= 0.6 is 11.8 Å². The van der Waals surface area contributed by atoms with Crippen LogP contribution in [0.2, 0.25) is 0 Å². The standard InChI is InChI=1S/C10H18N2OS/c1-7-9(5-13-2)3-8(6-14-7)4-10(11)12/h6-7,9H,3-5H2,1-2H3,(H3,11,12). The van der Waals surface area contributed by atoms with Gasteiger partial charge in [-0.25, -0.2) is 0 Å². The Morgan fingerprint density at radius 2 is 2.50 bits per heavy atom. The first-order valence-electron chi connectivity index (χ1n) is 4.78. The minimum atomic E-state index is 0.252. The van der Waals surface area contributed by atoms with E-state index in [1.807, 2.05) is 11.8 Å². The molecule has 0 spiro atoms. The fourth-order valence-electron chi connectivity index (χ4n) is 1.63. The molecule has 0 aliphatic carbocycles. The number of methoxy groups -OCH3 is 1. The van der Waals surface area contributed by atoms with Crippen LogP contribution in [0.4, 0.5) is 0 Å². The number of hydrogen-bond acceptors (Lipinski definition) is 3. The third-order valence-electron chi connectivity index (χ3n) is 2.44. The lowest BCUT2D eigenvalue weighted by Gasteiger charge is -2.27. The SMILES string of the molecule is COCC1CC(CC(=N)N)=CSC1C. The Balaban J connectivity index is 2.52. The van der Waals surface area contributed by atoms with E-state index in [0.717, 1.165) is 13.0 Å². The van der Waals surface area contributed by atoms with Crippen molar-refractivity contribution in [2.75, 3.05) is 13.7 Å². The van der Waals surface area contributed by atoms with Crippen molar-refractivity contribution in [3.63, 3.8) is 0 Å². The summed E-state index contributed by atoms with van der Waals surface area (Å²) in [6, 6.07) is 0. The summed E-state index contributed by atoms with van der Waals surface area (Å²) in [5.41, 5.74) is 6.65. The molecule has 1 aliphatic rings. The van der Waals surface area contributed by atoms with Gasteiger partial charge in [0.1, 0.15) is 0 Å². The van der Waals surface area contributed by atoms with Crippen molar-refractivity contribution in [1.29, 1.82) is 5.41 Å². The minimum Gasteiger partial charge on any atom is -0.387 e. The first-order valence-corrected chi connectivity index (χ1v) is 5.73. The summed E-state index contributed by atoms with van der Waals surface area (Å²) in [6.07, 6.45) is 1.63. The quantitative estimate of drug-likeness (QED) is 0.556. The van der Waals surface area contributed by atoms with E-state index in [1.54, 1.807) is 7.11 Å². The molecule has 0 saturated carbocycles. The molecule has 0 fully saturated rings. The lowest BCUT2D eigenvalue weighted by atomic mass is 9.95. The topological polar surface area (TPSA) is 59.1 Å². The van der Waals surface area contributed by atoms with Gasteiger partial charge in [-0.2, -0.15) is 0 Å². The van der Waals surface area contributed by atoms with E-state index < -0.39 is 0 Å². The molecule has 0 amide bonds. The van der Waals surface area contributed by atoms with E-state index in [0.29, 0.717) is 17.6 Å². The first kappa shape index (κ1) is 11.6. The van der Waals surface area contributed by atoms with Crippen molar-refractivity contribution in [3.8, 4) is 0 Å². The van der Waals surface area contributed by atoms with E-state index in [2.05, 4.69) is 12.3 Å². The van der Waals surface area contributed by atoms with Crippen molar-refractivity contribution in [2.24, 2.45) is 11.7 Å². The average molecular weight is 214 g/mol. The van der Waals surface area contributed by atoms with Gasteiger partial charge in [0.05, 0.1) is 12.4 Å². The van der Waals surface area contributed by atoms with Crippen LogP contribution in [0.1, 0.15) is 19.8 Å². The van der Waals surface area contributed by atoms with Crippen LogP contribution in [0.3, 0.4) is 0 Å². The molecule has 0 aromatic heterocycles. The Bertz CT molecular complexity index is 240. The van der Waals surface area contributed by atoms with E-state index in [1.165, 1.54) is 5.57 Å². The van der Waals surface area contributed by atoms with Gasteiger partial charge in [-0.1, -0.05) is 12.5 Å². The zero-order chi connectivity index (χ0) is 10.6. The lowest BCUT2D eigenvalue weighted by Crippen LogP contribution is -2.23. The molecular formula is C10H18N2OS. The molecule has 1 rings (SSSR count). The largest absolute Gasteiger partial charge is 0.387 e. The van der Waals surface area contributed by atoms with Crippen molar-refractivity contribution >= 4 is 17.6 Å². The van der Waals surface area contributed by atoms with Gasteiger partial charge in [-0.05, 0) is 17.7 Å². The first-order chi connectivity index (χ1) is 6.63. The summed E-state index contributed by atoms with van der Waals surface area (Å²) in [6.45, 7) is 3.01. The second-order valence-electron chi connectivity index (χ2n) is 3.74. The highest BCUT2D eigenvalue weighted by Crippen LogP contribution is 2.34. The summed E-state index contributed by atoms with van der Waals surface area (Å²) in [5.74, 6) is 0.812. The molecule has 4 heteroatoms. The number of amidine groups is 1. The maximum atomic E-state index is 7.25. The van der Waals surface area contributed by atoms with Crippen molar-refractivity contribution in [1.82, 2.24) is 0 Å². The van der Waals surface area contributed by atoms with E-state index >= 15 is 0 Å². The fourth-order valence-corrected chi connectivity index (χ4v) is 2.62. The predicted molar refractivity (Wildman–Crippen MR) is 61.7 cm³/mol. The van der Waals surface area contributed by atoms with Gasteiger partial charge in [0.15, 0.2) is 0 Å². The van der Waals surface area contributed by atoms with Crippen LogP contribution < -0.4 is 5.73 Å². The van der Waals surface area contributed by atoms with E-state index in [4.69, 9.17) is 15.9 Å². The molecule has 0 radical (unpaired) electrons. The summed E-state index contributed by atoms with van der Waals surface area (Å²) in [4.78, 5) is 0. The highest BCUT2D eigenvalue weighted by molar-refractivity contribution is 8.02. The van der Waals surface area contributed by atoms with Gasteiger partial charge in [0, 0.05) is 18.8 Å². The number of hydrogen-bond donors (Lipinski definition) is 2. The fraction of sp³-hybridized carbons (Fsp3) is 0.700. The van der Waals surface area contributed by atoms with Gasteiger partial charge >= 0.3 is 0 Å². The number of thioether (sulfide) groups is 1. The third-order valence-corrected chi connectivity index (χ3v) is 3.72. The maximum Gasteiger partial charge on any atom is 0.0946 e. The third kappa shape index (κ3) is 3.35. The van der Waals surface area contributed by atoms with E-state index in [-0.39, 0.29) is 5.84 Å². The molecule has 3 nitrogen and oxygen atoms in total. The Kier molecular flexibility index (Phi) is 4.48. The molecule has 0 aromatic carbocycles. The number of ether oxygens (including phenoxy) is 1. The van der Waals surface area contributed by atoms with Crippen LogP contribution in [0.5, 0.6) is 0 Å². The zero-order valence-electron chi connectivity index (χ0n) is 8.75. The van der Waals surface area contributed by atoms with Crippen molar-refractivity contribution in [2.45, 2.75) is 25.0 Å². The van der Waals surface area contributed by atoms with E-state index in [9.17, 15) is 0 Å². The molecule has 0 saturated heterocycles. The normalized spacial score (nSPS) is 27.1. The molecule has 1 heterocycles. The summed E-state index contributed by atoms with van der Waals surface area (Å²) in [5, 5.41) is 10.00. The molecule has 1 aliphatic heterocycles. The van der Waals surface area contributed by atoms with Gasteiger partial charge in [-0.3, -0.25) is 5.41 Å². The lowest BCUT2D eigenvalue weighted by molar-refractivity contribution is 0.152. The zero-order valence-corrected chi connectivity index (χ0v) is 9.56. The summed E-state index contributed by atoms with van der Waals surface area (Å²) >= 11 is 1.82. The maximum absolute atomic E-state index is 7.25. The molecule has 14 heavy (non-hydrogen) atoms. The molecule has 3 N–H and O–H groups in total. The monoisotopic (exact) mass is 214 g/mol. The molecule has 80 valence electrons. The number of rotatable bonds is 4. The Morgan fingerprint density at radius 3 is 3.07 bits per heavy atom. The highest BCUT2D eigenvalue weighted by Gasteiger charge is 2.22. The van der Waals surface area contributed by atoms with Crippen LogP contribution in [0.25, 0.3) is 0 Å². The average Bonchev–Trinajstić information content (AvgIpc) is 2.10. The molecular weight excluding hydrogens is 196 g/mol. The molecule has 0 aromatic rings. The Labute approximate surface area is 89.6 Å². The summed E-state index contributed by atoms with van der Waals surface area (Å²) in [7, 11) is 1.74. The van der Waals surface area contributed by atoms with Gasteiger partial charge < -0.3 is 10.5 Å². The highest BCUT2D eigenvalue weighted by atomic mass is 32.2. The van der Waals surface area contributed by atoms with Gasteiger partial charge in [-0.15, -0.1) is 11.8 Å². The van der Waals surface area contributed by atoms with Crippen LogP contribution in [0.15, 0.2) is 11.0 Å². The number of nitrogens with two attached hydrogens (primary N) is 1. The number of nitrogens with one attached hydrogen (secondary N) is 1. The molecule has 0 bridgehead atoms. The van der Waals surface area contributed by atoms with Crippen molar-refractivity contribution < 1.29 is 4.74 Å². The Morgan fingerprint density at radius 1 is 1.79 bits per heavy atom. The molecule has 2 atom stereocenters. The van der Waals surface area contributed by atoms with Gasteiger partial charge in [0.2, 0.25) is 0 Å². The van der Waals surface area contributed by atoms with Crippen molar-refractivity contribution in [3.05, 3.63) is 11.0 Å². The second-order valence-corrected chi connectivity index (χ2v) is 4.99. The van der Waals surface area contributed by atoms with Gasteiger partial charge in [0.25, 0.3) is 0 Å². The molecule has 2 unspecified atom stereocenters. The minimum absolute atomic E-state index is 0.252. The second kappa shape index (κ2) is 5.41. The van der Waals surface area contributed by atoms with Crippen LogP contribution in [0, 0.1) is 11.3 Å². The predicted octanol–water partition coefficient (Wildman–Crippen LogP) is 1.98. The Hall–Kier alpha value is -0.480. The van der Waals surface area contributed by atoms with Crippen LogP contribution in [-0.2, 0) is 4.74 Å². The smallest absolute Gasteiger partial charge is 0.0946 e.